The van der Waals surface area contributed by atoms with Crippen LogP contribution in [0.15, 0.2) is 11.6 Å². The third-order valence-corrected chi connectivity index (χ3v) is 2.96. The van der Waals surface area contributed by atoms with E-state index in [2.05, 4.69) is 20.8 Å². The first kappa shape index (κ1) is 14.7. The number of hydrogen-bond acceptors (Lipinski definition) is 2. The van der Waals surface area contributed by atoms with E-state index < -0.39 is 0 Å². The molecule has 1 unspecified atom stereocenters. The maximum atomic E-state index is 8.73. The fourth-order valence-electron chi connectivity index (χ4n) is 1.70. The van der Waals surface area contributed by atoms with E-state index in [-0.39, 0.29) is 12.2 Å². The van der Waals surface area contributed by atoms with Gasteiger partial charge in [0.15, 0.2) is 0 Å². The Labute approximate surface area is 94.3 Å². The Morgan fingerprint density at radius 3 is 2.53 bits per heavy atom. The summed E-state index contributed by atoms with van der Waals surface area (Å²) in [7, 11) is 0. The molecule has 0 spiro atoms. The molecule has 90 valence electrons. The van der Waals surface area contributed by atoms with E-state index in [4.69, 9.17) is 9.84 Å². The van der Waals surface area contributed by atoms with Crippen LogP contribution in [0.4, 0.5) is 0 Å². The van der Waals surface area contributed by atoms with Crippen molar-refractivity contribution in [3.05, 3.63) is 11.6 Å². The molecule has 0 fully saturated rings. The first-order valence-electron chi connectivity index (χ1n) is 5.98. The van der Waals surface area contributed by atoms with Crippen LogP contribution < -0.4 is 0 Å². The lowest BCUT2D eigenvalue weighted by Crippen LogP contribution is -2.27. The number of allylic oxidation sites excluding steroid dienone is 1. The lowest BCUT2D eigenvalue weighted by atomic mass is 9.94. The molecule has 0 aliphatic carbocycles. The molecule has 1 atom stereocenters. The minimum Gasteiger partial charge on any atom is -0.392 e. The lowest BCUT2D eigenvalue weighted by molar-refractivity contribution is -0.0348. The van der Waals surface area contributed by atoms with Crippen LogP contribution in [0.1, 0.15) is 53.4 Å². The van der Waals surface area contributed by atoms with Crippen molar-refractivity contribution < 1.29 is 9.84 Å². The smallest absolute Gasteiger partial charge is 0.0651 e. The van der Waals surface area contributed by atoms with Gasteiger partial charge in [-0.25, -0.2) is 0 Å². The molecule has 0 aromatic carbocycles. The van der Waals surface area contributed by atoms with E-state index in [1.807, 2.05) is 13.0 Å². The van der Waals surface area contributed by atoms with Crippen molar-refractivity contribution in [1.82, 2.24) is 0 Å². The van der Waals surface area contributed by atoms with Gasteiger partial charge in [-0.05, 0) is 46.5 Å². The minimum absolute atomic E-state index is 0.0360. The highest BCUT2D eigenvalue weighted by atomic mass is 16.5. The second kappa shape index (κ2) is 7.89. The fraction of sp³-hybridized carbons (Fsp3) is 0.846. The summed E-state index contributed by atoms with van der Waals surface area (Å²) >= 11 is 0. The summed E-state index contributed by atoms with van der Waals surface area (Å²) in [5, 5.41) is 8.73. The van der Waals surface area contributed by atoms with Crippen molar-refractivity contribution in [2.24, 2.45) is 0 Å². The number of rotatable bonds is 8. The van der Waals surface area contributed by atoms with Crippen molar-refractivity contribution in [2.45, 2.75) is 59.0 Å². The largest absolute Gasteiger partial charge is 0.392 e. The molecular weight excluding hydrogens is 188 g/mol. The highest BCUT2D eigenvalue weighted by molar-refractivity contribution is 4.97. The Hall–Kier alpha value is -0.340. The van der Waals surface area contributed by atoms with E-state index in [1.165, 1.54) is 5.57 Å². The zero-order chi connectivity index (χ0) is 11.7. The predicted octanol–water partition coefficient (Wildman–Crippen LogP) is 3.30. The fourth-order valence-corrected chi connectivity index (χ4v) is 1.70. The van der Waals surface area contributed by atoms with E-state index in [9.17, 15) is 0 Å². The van der Waals surface area contributed by atoms with Crippen molar-refractivity contribution >= 4 is 0 Å². The number of ether oxygens (including phenoxy) is 1. The molecule has 0 saturated heterocycles. The summed E-state index contributed by atoms with van der Waals surface area (Å²) in [4.78, 5) is 0. The molecule has 0 heterocycles. The molecule has 0 aromatic heterocycles. The normalized spacial score (nSPS) is 16.5. The van der Waals surface area contributed by atoms with Gasteiger partial charge in [0.05, 0.1) is 12.2 Å². The summed E-state index contributed by atoms with van der Waals surface area (Å²) in [6.45, 7) is 9.41. The number of hydrogen-bond donors (Lipinski definition) is 1. The molecule has 0 rings (SSSR count). The SMILES string of the molecule is CCOC(C)(CC)CCCC(C)=CCO. The summed E-state index contributed by atoms with van der Waals surface area (Å²) < 4.78 is 5.75. The third kappa shape index (κ3) is 6.69. The average Bonchev–Trinajstić information content (AvgIpc) is 2.18. The zero-order valence-corrected chi connectivity index (χ0v) is 10.7. The van der Waals surface area contributed by atoms with Gasteiger partial charge in [0, 0.05) is 6.61 Å². The number of aliphatic hydroxyl groups excluding tert-OH is 1. The van der Waals surface area contributed by atoms with Crippen LogP contribution in [-0.2, 0) is 4.74 Å². The first-order chi connectivity index (χ1) is 7.08. The van der Waals surface area contributed by atoms with Crippen molar-refractivity contribution in [1.29, 1.82) is 0 Å². The van der Waals surface area contributed by atoms with Crippen LogP contribution in [0, 0.1) is 0 Å². The highest BCUT2D eigenvalue weighted by Gasteiger charge is 2.21. The second-order valence-electron chi connectivity index (χ2n) is 4.32. The van der Waals surface area contributed by atoms with Crippen LogP contribution in [0.25, 0.3) is 0 Å². The molecule has 0 radical (unpaired) electrons. The maximum absolute atomic E-state index is 8.73. The first-order valence-corrected chi connectivity index (χ1v) is 5.98. The van der Waals surface area contributed by atoms with E-state index >= 15 is 0 Å². The molecule has 15 heavy (non-hydrogen) atoms. The molecule has 0 aromatic rings. The Kier molecular flexibility index (Phi) is 7.71. The maximum Gasteiger partial charge on any atom is 0.0651 e. The van der Waals surface area contributed by atoms with Gasteiger partial charge >= 0.3 is 0 Å². The van der Waals surface area contributed by atoms with Crippen molar-refractivity contribution in [2.75, 3.05) is 13.2 Å². The second-order valence-corrected chi connectivity index (χ2v) is 4.32. The molecule has 0 bridgehead atoms. The molecule has 2 nitrogen and oxygen atoms in total. The summed E-state index contributed by atoms with van der Waals surface area (Å²) in [5.74, 6) is 0. The lowest BCUT2D eigenvalue weighted by Gasteiger charge is -2.28. The topological polar surface area (TPSA) is 29.5 Å². The van der Waals surface area contributed by atoms with Gasteiger partial charge < -0.3 is 9.84 Å². The van der Waals surface area contributed by atoms with Crippen LogP contribution >= 0.6 is 0 Å². The van der Waals surface area contributed by atoms with Gasteiger partial charge in [0.2, 0.25) is 0 Å². The molecule has 0 amide bonds. The third-order valence-electron chi connectivity index (χ3n) is 2.96. The minimum atomic E-state index is 0.0360. The Bertz CT molecular complexity index is 187. The summed E-state index contributed by atoms with van der Waals surface area (Å²) in [5.41, 5.74) is 1.31. The van der Waals surface area contributed by atoms with Gasteiger partial charge in [-0.2, -0.15) is 0 Å². The Morgan fingerprint density at radius 1 is 1.40 bits per heavy atom. The predicted molar refractivity (Wildman–Crippen MR) is 65.0 cm³/mol. The Balaban J connectivity index is 3.86. The van der Waals surface area contributed by atoms with Gasteiger partial charge in [0.25, 0.3) is 0 Å². The molecule has 1 N–H and O–H groups in total. The van der Waals surface area contributed by atoms with E-state index in [0.717, 1.165) is 32.3 Å². The average molecular weight is 214 g/mol. The van der Waals surface area contributed by atoms with E-state index in [1.54, 1.807) is 0 Å². The van der Waals surface area contributed by atoms with Crippen molar-refractivity contribution in [3.8, 4) is 0 Å². The van der Waals surface area contributed by atoms with Gasteiger partial charge in [0.1, 0.15) is 0 Å². The molecule has 0 aliphatic heterocycles. The number of aliphatic hydroxyl groups is 1. The van der Waals surface area contributed by atoms with Crippen LogP contribution in [0.2, 0.25) is 0 Å². The summed E-state index contributed by atoms with van der Waals surface area (Å²) in [6.07, 6.45) is 6.22. The molecular formula is C13H26O2. The zero-order valence-electron chi connectivity index (χ0n) is 10.7. The van der Waals surface area contributed by atoms with Crippen molar-refractivity contribution in [3.63, 3.8) is 0 Å². The monoisotopic (exact) mass is 214 g/mol. The standard InChI is InChI=1S/C13H26O2/c1-5-13(4,15-6-2)10-7-8-12(3)9-11-14/h9,14H,5-8,10-11H2,1-4H3. The molecule has 0 aliphatic rings. The van der Waals surface area contributed by atoms with Gasteiger partial charge in [-0.15, -0.1) is 0 Å². The quantitative estimate of drug-likeness (QED) is 0.628. The van der Waals surface area contributed by atoms with Gasteiger partial charge in [-0.3, -0.25) is 0 Å². The van der Waals surface area contributed by atoms with Gasteiger partial charge in [-0.1, -0.05) is 18.6 Å². The highest BCUT2D eigenvalue weighted by Crippen LogP contribution is 2.23. The molecule has 0 saturated carbocycles. The van der Waals surface area contributed by atoms with Crippen LogP contribution in [0.5, 0.6) is 0 Å². The van der Waals surface area contributed by atoms with E-state index in [0.29, 0.717) is 0 Å². The molecule has 2 heteroatoms. The summed E-state index contributed by atoms with van der Waals surface area (Å²) in [6, 6.07) is 0. The van der Waals surface area contributed by atoms with Crippen LogP contribution in [-0.4, -0.2) is 23.9 Å². The Morgan fingerprint density at radius 2 is 2.07 bits per heavy atom. The van der Waals surface area contributed by atoms with Crippen LogP contribution in [0.3, 0.4) is 0 Å².